The molecule has 11 heavy (non-hydrogen) atoms. The van der Waals surface area contributed by atoms with E-state index in [1.54, 1.807) is 0 Å². The fraction of sp³-hybridized carbons (Fsp3) is 0.250. The zero-order chi connectivity index (χ0) is 7.84. The van der Waals surface area contributed by atoms with Gasteiger partial charge >= 0.3 is 0 Å². The Bertz CT molecular complexity index is 310. The molecule has 0 fully saturated rings. The van der Waals surface area contributed by atoms with Crippen LogP contribution in [0.5, 0.6) is 0 Å². The summed E-state index contributed by atoms with van der Waals surface area (Å²) in [6.45, 7) is 2.03. The van der Waals surface area contributed by atoms with Crippen molar-refractivity contribution < 1.29 is 0 Å². The molecule has 0 bridgehead atoms. The third-order valence-electron chi connectivity index (χ3n) is 1.76. The Balaban J connectivity index is 2.44. The molecule has 0 amide bonds. The fourth-order valence-electron chi connectivity index (χ4n) is 1.19. The number of allylic oxidation sites excluding steroid dienone is 2. The average Bonchev–Trinajstić information content (AvgIpc) is 2.32. The lowest BCUT2D eigenvalue weighted by Gasteiger charge is -2.08. The van der Waals surface area contributed by atoms with E-state index >= 15 is 0 Å². The molecule has 0 saturated carbocycles. The molecular formula is C8H7BrN2. The Hall–Kier alpha value is -0.700. The number of halogens is 1. The van der Waals surface area contributed by atoms with E-state index in [4.69, 9.17) is 0 Å². The second-order valence-corrected chi connectivity index (χ2v) is 3.52. The summed E-state index contributed by atoms with van der Waals surface area (Å²) in [5.74, 6) is 0. The molecule has 0 spiro atoms. The zero-order valence-corrected chi connectivity index (χ0v) is 7.67. The predicted molar refractivity (Wildman–Crippen MR) is 50.5 cm³/mol. The van der Waals surface area contributed by atoms with Gasteiger partial charge in [0.2, 0.25) is 0 Å². The van der Waals surface area contributed by atoms with Gasteiger partial charge in [-0.1, -0.05) is 0 Å². The van der Waals surface area contributed by atoms with Gasteiger partial charge in [0.15, 0.2) is 0 Å². The number of fused-ring (bicyclic) bond motifs is 1. The topological polar surface area (TPSA) is 24.7 Å². The molecule has 0 aromatic rings. The second-order valence-electron chi connectivity index (χ2n) is 2.60. The highest BCUT2D eigenvalue weighted by Gasteiger charge is 2.19. The summed E-state index contributed by atoms with van der Waals surface area (Å²) in [5, 5.41) is 0. The molecule has 0 saturated heterocycles. The summed E-state index contributed by atoms with van der Waals surface area (Å²) >= 11 is 3.36. The summed E-state index contributed by atoms with van der Waals surface area (Å²) in [4.78, 5) is 8.54. The van der Waals surface area contributed by atoms with Crippen LogP contribution in [0.2, 0.25) is 0 Å². The van der Waals surface area contributed by atoms with Gasteiger partial charge in [-0.25, -0.2) is 0 Å². The molecule has 0 aromatic carbocycles. The van der Waals surface area contributed by atoms with Crippen LogP contribution in [0, 0.1) is 0 Å². The highest BCUT2D eigenvalue weighted by atomic mass is 79.9. The van der Waals surface area contributed by atoms with Crippen LogP contribution in [-0.2, 0) is 0 Å². The molecule has 2 heterocycles. The zero-order valence-electron chi connectivity index (χ0n) is 6.08. The van der Waals surface area contributed by atoms with Crippen molar-refractivity contribution in [1.82, 2.24) is 0 Å². The molecule has 0 radical (unpaired) electrons. The highest BCUT2D eigenvalue weighted by Crippen LogP contribution is 2.25. The van der Waals surface area contributed by atoms with Gasteiger partial charge in [0.25, 0.3) is 0 Å². The van der Waals surface area contributed by atoms with Gasteiger partial charge in [-0.3, -0.25) is 9.98 Å². The Morgan fingerprint density at radius 3 is 3.09 bits per heavy atom. The van der Waals surface area contributed by atoms with Gasteiger partial charge in [0.05, 0.1) is 5.70 Å². The number of rotatable bonds is 0. The van der Waals surface area contributed by atoms with E-state index in [2.05, 4.69) is 32.0 Å². The maximum absolute atomic E-state index is 4.27. The van der Waals surface area contributed by atoms with Gasteiger partial charge in [-0.15, -0.1) is 0 Å². The highest BCUT2D eigenvalue weighted by molar-refractivity contribution is 9.12. The van der Waals surface area contributed by atoms with Crippen molar-refractivity contribution in [3.05, 3.63) is 21.8 Å². The lowest BCUT2D eigenvalue weighted by Crippen LogP contribution is -2.05. The van der Waals surface area contributed by atoms with E-state index in [0.717, 1.165) is 10.2 Å². The van der Waals surface area contributed by atoms with Crippen LogP contribution >= 0.6 is 15.9 Å². The molecule has 2 nitrogen and oxygen atoms in total. The first-order valence-electron chi connectivity index (χ1n) is 3.43. The van der Waals surface area contributed by atoms with Crippen molar-refractivity contribution in [1.29, 1.82) is 0 Å². The SMILES string of the molecule is CC1=C2N=CC(Br)=C[C@@H]2N=C1. The largest absolute Gasteiger partial charge is 0.279 e. The van der Waals surface area contributed by atoms with E-state index < -0.39 is 0 Å². The number of aliphatic imine (C=N–C) groups is 2. The minimum Gasteiger partial charge on any atom is -0.279 e. The fourth-order valence-corrected chi connectivity index (χ4v) is 1.54. The third kappa shape index (κ3) is 1.09. The number of hydrogen-bond donors (Lipinski definition) is 0. The lowest BCUT2D eigenvalue weighted by molar-refractivity contribution is 0.948. The molecule has 0 aromatic heterocycles. The third-order valence-corrected chi connectivity index (χ3v) is 2.23. The molecule has 1 atom stereocenters. The van der Waals surface area contributed by atoms with Crippen LogP contribution < -0.4 is 0 Å². The minimum atomic E-state index is 0.161. The van der Waals surface area contributed by atoms with Gasteiger partial charge in [-0.05, 0) is 34.5 Å². The summed E-state index contributed by atoms with van der Waals surface area (Å²) in [6.07, 6.45) is 5.73. The number of dihydropyridines is 1. The van der Waals surface area contributed by atoms with Crippen LogP contribution in [0.1, 0.15) is 6.92 Å². The first-order chi connectivity index (χ1) is 5.27. The number of nitrogens with zero attached hydrogens (tertiary/aromatic N) is 2. The quantitative estimate of drug-likeness (QED) is 0.586. The molecule has 0 N–H and O–H groups in total. The summed E-state index contributed by atoms with van der Waals surface area (Å²) < 4.78 is 1.01. The van der Waals surface area contributed by atoms with Gasteiger partial charge < -0.3 is 0 Å². The minimum absolute atomic E-state index is 0.161. The lowest BCUT2D eigenvalue weighted by atomic mass is 10.1. The smallest absolute Gasteiger partial charge is 0.112 e. The average molecular weight is 211 g/mol. The van der Waals surface area contributed by atoms with E-state index in [1.165, 1.54) is 5.57 Å². The number of hydrogen-bond acceptors (Lipinski definition) is 2. The van der Waals surface area contributed by atoms with Gasteiger partial charge in [-0.2, -0.15) is 0 Å². The van der Waals surface area contributed by atoms with Crippen molar-refractivity contribution in [2.24, 2.45) is 9.98 Å². The van der Waals surface area contributed by atoms with E-state index in [0.29, 0.717) is 0 Å². The van der Waals surface area contributed by atoms with Gasteiger partial charge in [0.1, 0.15) is 6.04 Å². The van der Waals surface area contributed by atoms with Crippen molar-refractivity contribution in [3.8, 4) is 0 Å². The Labute approximate surface area is 73.6 Å². The maximum Gasteiger partial charge on any atom is 0.112 e. The van der Waals surface area contributed by atoms with Crippen LogP contribution in [0.4, 0.5) is 0 Å². The molecule has 2 aliphatic rings. The van der Waals surface area contributed by atoms with E-state index in [-0.39, 0.29) is 6.04 Å². The van der Waals surface area contributed by atoms with E-state index in [1.807, 2.05) is 19.4 Å². The summed E-state index contributed by atoms with van der Waals surface area (Å²) in [5.41, 5.74) is 2.25. The summed E-state index contributed by atoms with van der Waals surface area (Å²) in [7, 11) is 0. The molecule has 0 unspecified atom stereocenters. The maximum atomic E-state index is 4.27. The molecule has 0 aliphatic carbocycles. The monoisotopic (exact) mass is 210 g/mol. The second kappa shape index (κ2) is 2.41. The summed E-state index contributed by atoms with van der Waals surface area (Å²) in [6, 6.07) is 0.161. The molecular weight excluding hydrogens is 204 g/mol. The van der Waals surface area contributed by atoms with Crippen LogP contribution in [-0.4, -0.2) is 18.5 Å². The standard InChI is InChI=1S/C8H7BrN2/c1-5-3-10-7-2-6(9)4-11-8(5)7/h2-4,7H,1H3/t7-/m0/s1. The van der Waals surface area contributed by atoms with Crippen LogP contribution in [0.3, 0.4) is 0 Å². The predicted octanol–water partition coefficient (Wildman–Crippen LogP) is 2.08. The van der Waals surface area contributed by atoms with Crippen LogP contribution in [0.15, 0.2) is 31.8 Å². The van der Waals surface area contributed by atoms with Crippen molar-refractivity contribution in [2.45, 2.75) is 13.0 Å². The Morgan fingerprint density at radius 2 is 2.27 bits per heavy atom. The van der Waals surface area contributed by atoms with Crippen LogP contribution in [0.25, 0.3) is 0 Å². The first kappa shape index (κ1) is 6.98. The van der Waals surface area contributed by atoms with E-state index in [9.17, 15) is 0 Å². The Kier molecular flexibility index (Phi) is 1.53. The van der Waals surface area contributed by atoms with Crippen molar-refractivity contribution >= 4 is 28.4 Å². The van der Waals surface area contributed by atoms with Crippen molar-refractivity contribution in [3.63, 3.8) is 0 Å². The molecule has 2 rings (SSSR count). The molecule has 56 valence electrons. The van der Waals surface area contributed by atoms with Crippen molar-refractivity contribution in [2.75, 3.05) is 0 Å². The normalized spacial score (nSPS) is 27.5. The first-order valence-corrected chi connectivity index (χ1v) is 4.22. The van der Waals surface area contributed by atoms with Gasteiger partial charge in [0, 0.05) is 16.9 Å². The molecule has 3 heteroatoms. The Morgan fingerprint density at radius 1 is 1.45 bits per heavy atom. The molecule has 2 aliphatic heterocycles.